The molecule has 1 saturated carbocycles. The predicted molar refractivity (Wildman–Crippen MR) is 132 cm³/mol. The first-order valence-corrected chi connectivity index (χ1v) is 11.5. The van der Waals surface area contributed by atoms with Gasteiger partial charge in [-0.2, -0.15) is 5.10 Å². The Morgan fingerprint density at radius 3 is 2.83 bits per heavy atom. The summed E-state index contributed by atoms with van der Waals surface area (Å²) in [6.45, 7) is 7.17. The number of hydrogen-bond acceptors (Lipinski definition) is 4. The van der Waals surface area contributed by atoms with Crippen molar-refractivity contribution < 1.29 is 9.47 Å². The van der Waals surface area contributed by atoms with E-state index in [1.807, 2.05) is 24.1 Å². The highest BCUT2D eigenvalue weighted by Crippen LogP contribution is 2.22. The molecule has 1 saturated heterocycles. The number of guanidine groups is 1. The molecule has 1 aliphatic heterocycles. The Labute approximate surface area is 199 Å². The molecule has 7 nitrogen and oxygen atoms in total. The van der Waals surface area contributed by atoms with Gasteiger partial charge in [0, 0.05) is 45.0 Å². The van der Waals surface area contributed by atoms with Crippen molar-refractivity contribution >= 4 is 29.9 Å². The van der Waals surface area contributed by atoms with Crippen LogP contribution in [0.1, 0.15) is 70.0 Å². The lowest BCUT2D eigenvalue weighted by atomic mass is 9.98. The van der Waals surface area contributed by atoms with E-state index >= 15 is 0 Å². The molecule has 30 heavy (non-hydrogen) atoms. The maximum absolute atomic E-state index is 6.02. The number of hydrogen-bond donors (Lipinski definition) is 1. The summed E-state index contributed by atoms with van der Waals surface area (Å²) < 4.78 is 13.8. The van der Waals surface area contributed by atoms with Gasteiger partial charge in [-0.15, -0.1) is 24.0 Å². The number of aromatic nitrogens is 2. The van der Waals surface area contributed by atoms with E-state index in [0.717, 1.165) is 57.2 Å². The molecule has 0 spiro atoms. The Morgan fingerprint density at radius 1 is 1.27 bits per heavy atom. The molecule has 0 radical (unpaired) electrons. The lowest BCUT2D eigenvalue weighted by Crippen LogP contribution is -2.48. The molecule has 0 amide bonds. The van der Waals surface area contributed by atoms with E-state index in [4.69, 9.17) is 14.5 Å². The minimum atomic E-state index is 0. The molecule has 1 unspecified atom stereocenters. The smallest absolute Gasteiger partial charge is 0.194 e. The zero-order chi connectivity index (χ0) is 20.3. The van der Waals surface area contributed by atoms with Crippen LogP contribution in [-0.2, 0) is 16.5 Å². The first kappa shape index (κ1) is 25.4. The van der Waals surface area contributed by atoms with Crippen molar-refractivity contribution in [2.75, 3.05) is 39.4 Å². The van der Waals surface area contributed by atoms with Gasteiger partial charge in [-0.25, -0.2) is 0 Å². The van der Waals surface area contributed by atoms with Gasteiger partial charge in [0.2, 0.25) is 0 Å². The Hall–Kier alpha value is -0.870. The van der Waals surface area contributed by atoms with Crippen LogP contribution in [0.25, 0.3) is 0 Å². The van der Waals surface area contributed by atoms with Gasteiger partial charge in [-0.3, -0.25) is 9.67 Å². The second kappa shape index (κ2) is 14.2. The third kappa shape index (κ3) is 8.34. The minimum Gasteiger partial charge on any atom is -0.378 e. The molecule has 2 aliphatic rings. The van der Waals surface area contributed by atoms with Crippen LogP contribution in [0.4, 0.5) is 0 Å². The summed E-state index contributed by atoms with van der Waals surface area (Å²) in [6, 6.07) is 0. The molecule has 172 valence electrons. The van der Waals surface area contributed by atoms with Crippen LogP contribution in [0.2, 0.25) is 0 Å². The topological polar surface area (TPSA) is 63.9 Å². The number of ether oxygens (including phenoxy) is 2. The molecule has 1 aliphatic carbocycles. The summed E-state index contributed by atoms with van der Waals surface area (Å²) in [5.41, 5.74) is 1.13. The van der Waals surface area contributed by atoms with Crippen LogP contribution in [0.15, 0.2) is 17.4 Å². The zero-order valence-electron chi connectivity index (χ0n) is 18.7. The normalized spacial score (nSPS) is 20.8. The van der Waals surface area contributed by atoms with E-state index in [-0.39, 0.29) is 30.1 Å². The number of halogens is 1. The number of rotatable bonds is 9. The molecular formula is C22H40IN5O2. The Morgan fingerprint density at radius 2 is 2.10 bits per heavy atom. The molecule has 3 rings (SSSR count). The van der Waals surface area contributed by atoms with Crippen molar-refractivity contribution in [1.29, 1.82) is 0 Å². The summed E-state index contributed by atoms with van der Waals surface area (Å²) in [5.74, 6) is 1.00. The van der Waals surface area contributed by atoms with Crippen LogP contribution in [-0.4, -0.2) is 66.1 Å². The second-order valence-corrected chi connectivity index (χ2v) is 8.18. The number of aryl methyl sites for hydroxylation is 1. The molecule has 0 bridgehead atoms. The summed E-state index contributed by atoms with van der Waals surface area (Å²) in [7, 11) is 1.94. The van der Waals surface area contributed by atoms with Crippen molar-refractivity contribution in [3.8, 4) is 0 Å². The van der Waals surface area contributed by atoms with Gasteiger partial charge < -0.3 is 19.7 Å². The Balaban J connectivity index is 0.00000320. The maximum Gasteiger partial charge on any atom is 0.194 e. The van der Waals surface area contributed by atoms with Gasteiger partial charge in [0.25, 0.3) is 0 Å². The van der Waals surface area contributed by atoms with E-state index in [0.29, 0.717) is 12.7 Å². The van der Waals surface area contributed by atoms with Crippen LogP contribution in [0.3, 0.4) is 0 Å². The number of aliphatic imine (C=N–C) groups is 1. The first-order valence-electron chi connectivity index (χ1n) is 11.5. The largest absolute Gasteiger partial charge is 0.378 e. The third-order valence-corrected chi connectivity index (χ3v) is 5.77. The summed E-state index contributed by atoms with van der Waals surface area (Å²) in [5, 5.41) is 7.72. The number of nitrogens with one attached hydrogen (secondary N) is 1. The first-order chi connectivity index (χ1) is 14.3. The van der Waals surface area contributed by atoms with Crippen LogP contribution < -0.4 is 5.32 Å². The predicted octanol–water partition coefficient (Wildman–Crippen LogP) is 3.90. The van der Waals surface area contributed by atoms with Crippen LogP contribution in [0, 0.1) is 0 Å². The van der Waals surface area contributed by atoms with Crippen molar-refractivity contribution in [3.63, 3.8) is 0 Å². The van der Waals surface area contributed by atoms with Gasteiger partial charge in [-0.05, 0) is 39.0 Å². The molecule has 2 fully saturated rings. The standard InChI is InChI=1S/C22H39N5O2.HI/c1-3-23-22(24-12-8-5-9-14-28-20-10-6-4-7-11-20)27-13-15-29-21(18-27)19-16-25-26(2)17-19;/h16-17,20-21H,3-15,18H2,1-2H3,(H,23,24);1H. The lowest BCUT2D eigenvalue weighted by molar-refractivity contribution is -0.00804. The van der Waals surface area contributed by atoms with Gasteiger partial charge in [0.05, 0.1) is 25.5 Å². The SMILES string of the molecule is CCNC(=NCCCCCOC1CCCCC1)N1CCOC(c2cnn(C)c2)C1.I. The van der Waals surface area contributed by atoms with Crippen molar-refractivity contribution in [3.05, 3.63) is 18.0 Å². The fourth-order valence-electron chi connectivity index (χ4n) is 4.13. The fraction of sp³-hybridized carbons (Fsp3) is 0.818. The monoisotopic (exact) mass is 533 g/mol. The highest BCUT2D eigenvalue weighted by molar-refractivity contribution is 14.0. The van der Waals surface area contributed by atoms with Crippen molar-refractivity contribution in [2.24, 2.45) is 12.0 Å². The molecular weight excluding hydrogens is 493 g/mol. The fourth-order valence-corrected chi connectivity index (χ4v) is 4.13. The lowest BCUT2D eigenvalue weighted by Gasteiger charge is -2.34. The average Bonchev–Trinajstić information content (AvgIpc) is 3.19. The number of nitrogens with zero attached hydrogens (tertiary/aromatic N) is 4. The maximum atomic E-state index is 6.02. The van der Waals surface area contributed by atoms with Gasteiger partial charge in [-0.1, -0.05) is 19.3 Å². The average molecular weight is 533 g/mol. The van der Waals surface area contributed by atoms with Gasteiger partial charge in [0.1, 0.15) is 6.10 Å². The van der Waals surface area contributed by atoms with E-state index in [2.05, 4.69) is 22.2 Å². The number of morpholine rings is 1. The highest BCUT2D eigenvalue weighted by atomic mass is 127. The van der Waals surface area contributed by atoms with E-state index in [9.17, 15) is 0 Å². The molecule has 1 aromatic rings. The van der Waals surface area contributed by atoms with E-state index in [1.54, 1.807) is 0 Å². The Kier molecular flexibility index (Phi) is 12.1. The molecule has 1 atom stereocenters. The Bertz CT molecular complexity index is 618. The molecule has 1 aromatic heterocycles. The summed E-state index contributed by atoms with van der Waals surface area (Å²) >= 11 is 0. The third-order valence-electron chi connectivity index (χ3n) is 5.77. The second-order valence-electron chi connectivity index (χ2n) is 8.18. The van der Waals surface area contributed by atoms with E-state index < -0.39 is 0 Å². The quantitative estimate of drug-likeness (QED) is 0.226. The van der Waals surface area contributed by atoms with Gasteiger partial charge >= 0.3 is 0 Å². The van der Waals surface area contributed by atoms with Crippen LogP contribution in [0.5, 0.6) is 0 Å². The highest BCUT2D eigenvalue weighted by Gasteiger charge is 2.25. The molecule has 2 heterocycles. The van der Waals surface area contributed by atoms with E-state index in [1.165, 1.54) is 38.5 Å². The summed E-state index contributed by atoms with van der Waals surface area (Å²) in [4.78, 5) is 7.19. The number of unbranched alkanes of at least 4 members (excludes halogenated alkanes) is 2. The van der Waals surface area contributed by atoms with Gasteiger partial charge in [0.15, 0.2) is 5.96 Å². The molecule has 0 aromatic carbocycles. The van der Waals surface area contributed by atoms with Crippen LogP contribution >= 0.6 is 24.0 Å². The van der Waals surface area contributed by atoms with Crippen molar-refractivity contribution in [2.45, 2.75) is 70.5 Å². The molecule has 1 N–H and O–H groups in total. The minimum absolute atomic E-state index is 0. The summed E-state index contributed by atoms with van der Waals surface area (Å²) in [6.07, 6.45) is 14.5. The zero-order valence-corrected chi connectivity index (χ0v) is 21.1. The van der Waals surface area contributed by atoms with Crippen molar-refractivity contribution in [1.82, 2.24) is 20.0 Å². The molecule has 8 heteroatoms.